The number of nitrogens with zero attached hydrogens (tertiary/aromatic N) is 2. The van der Waals surface area contributed by atoms with Crippen LogP contribution < -0.4 is 15.0 Å². The summed E-state index contributed by atoms with van der Waals surface area (Å²) in [7, 11) is 0. The summed E-state index contributed by atoms with van der Waals surface area (Å²) >= 11 is 0. The first-order chi connectivity index (χ1) is 10.3. The van der Waals surface area contributed by atoms with Gasteiger partial charge in [0.2, 0.25) is 0 Å². The van der Waals surface area contributed by atoms with Gasteiger partial charge in [-0.15, -0.1) is 0 Å². The van der Waals surface area contributed by atoms with Crippen LogP contribution >= 0.6 is 0 Å². The first kappa shape index (κ1) is 16.4. The van der Waals surface area contributed by atoms with Crippen LogP contribution in [-0.4, -0.2) is 36.4 Å². The number of rotatable bonds is 3. The van der Waals surface area contributed by atoms with Crippen LogP contribution in [0.1, 0.15) is 34.6 Å². The Morgan fingerprint density at radius 2 is 2.23 bits per heavy atom. The molecule has 0 spiro atoms. The van der Waals surface area contributed by atoms with Gasteiger partial charge in [0.1, 0.15) is 12.2 Å². The smallest absolute Gasteiger partial charge is 0.415 e. The fourth-order valence-corrected chi connectivity index (χ4v) is 2.09. The number of nitrogens with one attached hydrogen (secondary N) is 1. The maximum absolute atomic E-state index is 12.4. The maximum Gasteiger partial charge on any atom is 0.415 e. The lowest BCUT2D eigenvalue weighted by Crippen LogP contribution is -2.41. The Labute approximate surface area is 131 Å². The van der Waals surface area contributed by atoms with Gasteiger partial charge in [-0.3, -0.25) is 4.90 Å². The third-order valence-corrected chi connectivity index (χ3v) is 3.03. The molecule has 6 nitrogen and oxygen atoms in total. The van der Waals surface area contributed by atoms with Crippen molar-refractivity contribution >= 4 is 17.6 Å². The van der Waals surface area contributed by atoms with Crippen molar-refractivity contribution in [2.45, 2.75) is 40.2 Å². The number of anilines is 2. The number of carbonyl (C=O) groups excluding carboxylic acids is 1. The normalized spacial score (nSPS) is 14.4. The van der Waals surface area contributed by atoms with Gasteiger partial charge in [0.25, 0.3) is 0 Å². The van der Waals surface area contributed by atoms with E-state index in [0.29, 0.717) is 36.3 Å². The van der Waals surface area contributed by atoms with Gasteiger partial charge >= 0.3 is 6.09 Å². The van der Waals surface area contributed by atoms with Gasteiger partial charge in [-0.2, -0.15) is 0 Å². The second kappa shape index (κ2) is 6.42. The summed E-state index contributed by atoms with van der Waals surface area (Å²) in [5.41, 5.74) is 0.170. The fourth-order valence-electron chi connectivity index (χ4n) is 2.09. The predicted octanol–water partition coefficient (Wildman–Crippen LogP) is 3.28. The summed E-state index contributed by atoms with van der Waals surface area (Å²) < 4.78 is 11.2. The highest BCUT2D eigenvalue weighted by atomic mass is 16.6. The lowest BCUT2D eigenvalue weighted by atomic mass is 10.2. The number of hydrogen-bond acceptors (Lipinski definition) is 5. The number of hydrogen-bond donors (Lipinski definition) is 1. The third-order valence-electron chi connectivity index (χ3n) is 3.03. The summed E-state index contributed by atoms with van der Waals surface area (Å²) in [4.78, 5) is 18.3. The SMILES string of the molecule is CC(C)CNc1nccc2c1OCCN2C(=O)OC(C)(C)C. The van der Waals surface area contributed by atoms with E-state index in [4.69, 9.17) is 9.47 Å². The Balaban J connectivity index is 2.23. The predicted molar refractivity (Wildman–Crippen MR) is 86.6 cm³/mol. The van der Waals surface area contributed by atoms with Crippen molar-refractivity contribution in [1.29, 1.82) is 0 Å². The zero-order valence-corrected chi connectivity index (χ0v) is 14.0. The molecule has 1 aliphatic rings. The minimum Gasteiger partial charge on any atom is -0.486 e. The van der Waals surface area contributed by atoms with Crippen LogP contribution in [-0.2, 0) is 4.74 Å². The van der Waals surface area contributed by atoms with Crippen LogP contribution in [0.25, 0.3) is 0 Å². The molecule has 0 aromatic carbocycles. The molecule has 0 radical (unpaired) electrons. The molecule has 0 saturated heterocycles. The van der Waals surface area contributed by atoms with E-state index >= 15 is 0 Å². The molecule has 2 heterocycles. The van der Waals surface area contributed by atoms with E-state index in [1.165, 1.54) is 0 Å². The molecular weight excluding hydrogens is 282 g/mol. The maximum atomic E-state index is 12.4. The summed E-state index contributed by atoms with van der Waals surface area (Å²) in [6.07, 6.45) is 1.31. The summed E-state index contributed by atoms with van der Waals surface area (Å²) in [5, 5.41) is 3.27. The molecule has 1 amide bonds. The lowest BCUT2D eigenvalue weighted by molar-refractivity contribution is 0.0568. The second-order valence-electron chi connectivity index (χ2n) is 6.76. The number of amides is 1. The average Bonchev–Trinajstić information content (AvgIpc) is 2.42. The monoisotopic (exact) mass is 307 g/mol. The zero-order chi connectivity index (χ0) is 16.3. The highest BCUT2D eigenvalue weighted by Crippen LogP contribution is 2.37. The van der Waals surface area contributed by atoms with Crippen molar-refractivity contribution in [3.8, 4) is 5.75 Å². The first-order valence-corrected chi connectivity index (χ1v) is 7.64. The third kappa shape index (κ3) is 4.02. The fraction of sp³-hybridized carbons (Fsp3) is 0.625. The van der Waals surface area contributed by atoms with Gasteiger partial charge < -0.3 is 14.8 Å². The second-order valence-corrected chi connectivity index (χ2v) is 6.76. The van der Waals surface area contributed by atoms with Crippen LogP contribution in [0, 0.1) is 5.92 Å². The van der Waals surface area contributed by atoms with Crippen molar-refractivity contribution in [2.75, 3.05) is 29.9 Å². The molecule has 1 N–H and O–H groups in total. The van der Waals surface area contributed by atoms with E-state index < -0.39 is 5.60 Å². The van der Waals surface area contributed by atoms with Gasteiger partial charge in [-0.05, 0) is 32.8 Å². The molecule has 2 rings (SSSR count). The number of carbonyl (C=O) groups is 1. The Bertz CT molecular complexity index is 538. The standard InChI is InChI=1S/C16H25N3O3/c1-11(2)10-18-14-13-12(6-7-17-14)19(8-9-21-13)15(20)22-16(3,4)5/h6-7,11H,8-10H2,1-5H3,(H,17,18). The Kier molecular flexibility index (Phi) is 4.78. The van der Waals surface area contributed by atoms with Gasteiger partial charge in [-0.1, -0.05) is 13.8 Å². The molecular formula is C16H25N3O3. The van der Waals surface area contributed by atoms with Gasteiger partial charge in [0.05, 0.1) is 12.2 Å². The molecule has 0 bridgehead atoms. The molecule has 122 valence electrons. The largest absolute Gasteiger partial charge is 0.486 e. The Hall–Kier alpha value is -1.98. The van der Waals surface area contributed by atoms with Crippen molar-refractivity contribution in [3.05, 3.63) is 12.3 Å². The van der Waals surface area contributed by atoms with Crippen LogP contribution in [0.5, 0.6) is 5.75 Å². The molecule has 6 heteroatoms. The number of pyridine rings is 1. The molecule has 22 heavy (non-hydrogen) atoms. The van der Waals surface area contributed by atoms with E-state index in [0.717, 1.165) is 6.54 Å². The van der Waals surface area contributed by atoms with Crippen LogP contribution in [0.3, 0.4) is 0 Å². The van der Waals surface area contributed by atoms with E-state index in [1.54, 1.807) is 17.2 Å². The number of fused-ring (bicyclic) bond motifs is 1. The zero-order valence-electron chi connectivity index (χ0n) is 14.0. The van der Waals surface area contributed by atoms with Gasteiger partial charge in [0, 0.05) is 12.7 Å². The van der Waals surface area contributed by atoms with Crippen molar-refractivity contribution in [3.63, 3.8) is 0 Å². The lowest BCUT2D eigenvalue weighted by Gasteiger charge is -2.32. The number of aromatic nitrogens is 1. The quantitative estimate of drug-likeness (QED) is 0.928. The average molecular weight is 307 g/mol. The van der Waals surface area contributed by atoms with E-state index in [1.807, 2.05) is 20.8 Å². The highest BCUT2D eigenvalue weighted by molar-refractivity contribution is 5.91. The highest BCUT2D eigenvalue weighted by Gasteiger charge is 2.29. The molecule has 0 unspecified atom stereocenters. The van der Waals surface area contributed by atoms with Crippen LogP contribution in [0.4, 0.5) is 16.3 Å². The first-order valence-electron chi connectivity index (χ1n) is 7.64. The molecule has 1 aliphatic heterocycles. The van der Waals surface area contributed by atoms with Crippen LogP contribution in [0.15, 0.2) is 12.3 Å². The summed E-state index contributed by atoms with van der Waals surface area (Å²) in [6.45, 7) is 11.5. The van der Waals surface area contributed by atoms with Gasteiger partial charge in [-0.25, -0.2) is 9.78 Å². The molecule has 1 aromatic rings. The van der Waals surface area contributed by atoms with E-state index in [9.17, 15) is 4.79 Å². The minimum absolute atomic E-state index is 0.363. The van der Waals surface area contributed by atoms with Crippen molar-refractivity contribution in [1.82, 2.24) is 4.98 Å². The Morgan fingerprint density at radius 3 is 2.86 bits per heavy atom. The molecule has 1 aromatic heterocycles. The van der Waals surface area contributed by atoms with Crippen molar-refractivity contribution < 1.29 is 14.3 Å². The van der Waals surface area contributed by atoms with E-state index in [2.05, 4.69) is 24.1 Å². The van der Waals surface area contributed by atoms with Gasteiger partial charge in [0.15, 0.2) is 11.6 Å². The molecule has 0 saturated carbocycles. The molecule has 0 aliphatic carbocycles. The molecule has 0 atom stereocenters. The topological polar surface area (TPSA) is 63.7 Å². The van der Waals surface area contributed by atoms with E-state index in [-0.39, 0.29) is 6.09 Å². The summed E-state index contributed by atoms with van der Waals surface area (Å²) in [5.74, 6) is 1.77. The Morgan fingerprint density at radius 1 is 1.50 bits per heavy atom. The van der Waals surface area contributed by atoms with Crippen LogP contribution in [0.2, 0.25) is 0 Å². The molecule has 0 fully saturated rings. The van der Waals surface area contributed by atoms with Crippen molar-refractivity contribution in [2.24, 2.45) is 5.92 Å². The number of ether oxygens (including phenoxy) is 2. The summed E-state index contributed by atoms with van der Waals surface area (Å²) in [6, 6.07) is 1.78. The minimum atomic E-state index is -0.526.